The number of isothiocyanates is 2. The third-order valence-electron chi connectivity index (χ3n) is 9.26. The molecule has 5 nitrogen and oxygen atoms in total. The highest BCUT2D eigenvalue weighted by atomic mass is 32.1. The summed E-state index contributed by atoms with van der Waals surface area (Å²) in [5.41, 5.74) is -2.03. The minimum absolute atomic E-state index is 0.00683. The first-order valence-corrected chi connectivity index (χ1v) is 12.3. The second-order valence-corrected chi connectivity index (χ2v) is 11.8. The van der Waals surface area contributed by atoms with Gasteiger partial charge in [-0.15, -0.1) is 6.04 Å². The van der Waals surface area contributed by atoms with E-state index >= 15 is 0 Å². The summed E-state index contributed by atoms with van der Waals surface area (Å²) in [6, 6.07) is -0.178. The Morgan fingerprint density at radius 3 is 2.29 bits per heavy atom. The molecule has 0 aromatic rings. The largest absolute Gasteiger partial charge is 0.660 e. The van der Waals surface area contributed by atoms with Crippen molar-refractivity contribution in [1.82, 2.24) is 0 Å². The molecule has 0 bridgehead atoms. The summed E-state index contributed by atoms with van der Waals surface area (Å²) in [5.74, 6) is 0.386. The van der Waals surface area contributed by atoms with Gasteiger partial charge in [-0.1, -0.05) is 6.92 Å². The quantitative estimate of drug-likeness (QED) is 0.424. The van der Waals surface area contributed by atoms with Gasteiger partial charge in [0, 0.05) is 5.60 Å². The molecule has 3 aliphatic rings. The summed E-state index contributed by atoms with van der Waals surface area (Å²) in [6.45, 7) is 12.8. The maximum absolute atomic E-state index is 11.3. The molecule has 7 heteroatoms. The van der Waals surface area contributed by atoms with Crippen LogP contribution >= 0.6 is 24.4 Å². The monoisotopic (exact) mass is 464 g/mol. The van der Waals surface area contributed by atoms with E-state index in [-0.39, 0.29) is 40.5 Å². The molecule has 1 saturated heterocycles. The Labute approximate surface area is 198 Å². The zero-order valence-electron chi connectivity index (χ0n) is 20.1. The minimum Gasteiger partial charge on any atom is -0.660 e. The SMILES string of the molecule is C[N-][C@@H]1[C@@H]2[C@@H]([C@@]3(C)CC[C@@H](C(C)(C)N=C=S)O3)CC[C@](C)(N=C=S)[C@@]2(C)CC[C@@]1(C)O. The predicted molar refractivity (Wildman–Crippen MR) is 132 cm³/mol. The summed E-state index contributed by atoms with van der Waals surface area (Å²) in [6.07, 6.45) is 5.35. The molecule has 3 fully saturated rings. The lowest BCUT2D eigenvalue weighted by Crippen LogP contribution is -2.67. The zero-order valence-corrected chi connectivity index (χ0v) is 21.7. The summed E-state index contributed by atoms with van der Waals surface area (Å²) < 4.78 is 6.82. The Morgan fingerprint density at radius 1 is 1.03 bits per heavy atom. The number of aliphatic imine (C=N–C) groups is 2. The molecule has 0 unspecified atom stereocenters. The highest BCUT2D eigenvalue weighted by Crippen LogP contribution is 2.64. The maximum atomic E-state index is 11.3. The van der Waals surface area contributed by atoms with Gasteiger partial charge in [-0.05, 0) is 115 Å². The van der Waals surface area contributed by atoms with Crippen LogP contribution < -0.4 is 0 Å². The van der Waals surface area contributed by atoms with Crippen molar-refractivity contribution in [3.8, 4) is 0 Å². The first-order valence-electron chi connectivity index (χ1n) is 11.5. The number of rotatable bonds is 5. The molecule has 1 N–H and O–H groups in total. The summed E-state index contributed by atoms with van der Waals surface area (Å²) in [4.78, 5) is 9.11. The fourth-order valence-corrected chi connectivity index (χ4v) is 7.42. The number of thiocarbonyl (C=S) groups is 2. The topological polar surface area (TPSA) is 68.3 Å². The van der Waals surface area contributed by atoms with Crippen LogP contribution in [0, 0.1) is 17.3 Å². The molecule has 1 aliphatic heterocycles. The summed E-state index contributed by atoms with van der Waals surface area (Å²) in [5, 5.41) is 21.3. The molecule has 174 valence electrons. The van der Waals surface area contributed by atoms with Gasteiger partial charge in [0.1, 0.15) is 0 Å². The van der Waals surface area contributed by atoms with Gasteiger partial charge in [0.05, 0.1) is 33.1 Å². The molecular formula is C24H38N3O2S2-. The van der Waals surface area contributed by atoms with Gasteiger partial charge in [-0.2, -0.15) is 7.05 Å². The average Bonchev–Trinajstić information content (AvgIpc) is 3.08. The van der Waals surface area contributed by atoms with Crippen LogP contribution in [-0.4, -0.2) is 56.9 Å². The molecule has 1 heterocycles. The van der Waals surface area contributed by atoms with Gasteiger partial charge in [0.15, 0.2) is 0 Å². The fourth-order valence-electron chi connectivity index (χ4n) is 6.99. The van der Waals surface area contributed by atoms with Crippen LogP contribution in [0.4, 0.5) is 0 Å². The summed E-state index contributed by atoms with van der Waals surface area (Å²) >= 11 is 9.93. The van der Waals surface area contributed by atoms with Crippen LogP contribution in [0.3, 0.4) is 0 Å². The van der Waals surface area contributed by atoms with E-state index < -0.39 is 11.1 Å². The van der Waals surface area contributed by atoms with Crippen molar-refractivity contribution in [2.45, 2.75) is 114 Å². The number of fused-ring (bicyclic) bond motifs is 1. The first kappa shape index (κ1) is 25.1. The molecule has 2 saturated carbocycles. The molecule has 0 radical (unpaired) electrons. The molecule has 0 aromatic carbocycles. The smallest absolute Gasteiger partial charge is 0.0915 e. The first-order chi connectivity index (χ1) is 14.3. The molecule has 8 atom stereocenters. The van der Waals surface area contributed by atoms with Gasteiger partial charge >= 0.3 is 0 Å². The third-order valence-corrected chi connectivity index (χ3v) is 9.44. The van der Waals surface area contributed by atoms with Gasteiger partial charge in [-0.3, -0.25) is 0 Å². The summed E-state index contributed by atoms with van der Waals surface area (Å²) in [7, 11) is 1.84. The molecule has 2 aliphatic carbocycles. The van der Waals surface area contributed by atoms with Gasteiger partial charge in [-0.25, -0.2) is 9.98 Å². The molecule has 0 amide bonds. The second kappa shape index (κ2) is 8.36. The Bertz CT molecular complexity index is 805. The Balaban J connectivity index is 2.05. The lowest BCUT2D eigenvalue weighted by molar-refractivity contribution is -0.181. The van der Waals surface area contributed by atoms with E-state index in [9.17, 15) is 5.11 Å². The van der Waals surface area contributed by atoms with Crippen LogP contribution in [0.5, 0.6) is 0 Å². The zero-order chi connectivity index (χ0) is 23.3. The minimum atomic E-state index is -0.841. The standard InChI is InChI=1S/C24H38N3O2S2/c1-20(2,26-14-30)17-9-10-23(5,29-17)16-8-11-24(6,27-15-31)21(3)12-13-22(4,28)19(25-7)18(16)21/h16-19,28H,8-13H2,1-7H3/q-1/t16-,17-,18-,19+,21-,22+,23+,24-/m0/s1. The lowest BCUT2D eigenvalue weighted by atomic mass is 9.44. The van der Waals surface area contributed by atoms with E-state index in [0.29, 0.717) is 6.42 Å². The third kappa shape index (κ3) is 4.01. The molecule has 0 spiro atoms. The van der Waals surface area contributed by atoms with Crippen molar-refractivity contribution >= 4 is 34.8 Å². The molecule has 0 aromatic heterocycles. The molecular weight excluding hydrogens is 426 g/mol. The fraction of sp³-hybridized carbons (Fsp3) is 0.917. The highest BCUT2D eigenvalue weighted by molar-refractivity contribution is 7.78. The van der Waals surface area contributed by atoms with Gasteiger partial charge < -0.3 is 15.2 Å². The van der Waals surface area contributed by atoms with Crippen LogP contribution in [0.1, 0.15) is 80.1 Å². The van der Waals surface area contributed by atoms with Gasteiger partial charge in [0.25, 0.3) is 0 Å². The van der Waals surface area contributed by atoms with Crippen molar-refractivity contribution in [3.05, 3.63) is 5.32 Å². The predicted octanol–water partition coefficient (Wildman–Crippen LogP) is 5.62. The van der Waals surface area contributed by atoms with Crippen molar-refractivity contribution in [1.29, 1.82) is 0 Å². The van der Waals surface area contributed by atoms with Crippen LogP contribution in [0.15, 0.2) is 9.98 Å². The number of hydrogen-bond donors (Lipinski definition) is 1. The number of hydrogen-bond acceptors (Lipinski definition) is 6. The van der Waals surface area contributed by atoms with Crippen molar-refractivity contribution in [2.75, 3.05) is 7.05 Å². The van der Waals surface area contributed by atoms with Crippen LogP contribution in [-0.2, 0) is 4.74 Å². The average molecular weight is 465 g/mol. The van der Waals surface area contributed by atoms with E-state index in [4.69, 9.17) is 39.5 Å². The Kier molecular flexibility index (Phi) is 6.77. The van der Waals surface area contributed by atoms with Crippen LogP contribution in [0.2, 0.25) is 0 Å². The van der Waals surface area contributed by atoms with E-state index in [1.807, 2.05) is 14.0 Å². The molecule has 3 rings (SSSR count). The maximum Gasteiger partial charge on any atom is 0.0915 e. The van der Waals surface area contributed by atoms with E-state index in [1.165, 1.54) is 0 Å². The number of ether oxygens (including phenoxy) is 1. The second-order valence-electron chi connectivity index (χ2n) is 11.4. The highest BCUT2D eigenvalue weighted by Gasteiger charge is 2.64. The Morgan fingerprint density at radius 2 is 1.71 bits per heavy atom. The Hall–Kier alpha value is -0.520. The van der Waals surface area contributed by atoms with E-state index in [0.717, 1.165) is 32.1 Å². The normalized spacial score (nSPS) is 47.7. The van der Waals surface area contributed by atoms with E-state index in [2.05, 4.69) is 49.9 Å². The van der Waals surface area contributed by atoms with Gasteiger partial charge in [0.2, 0.25) is 0 Å². The molecule has 31 heavy (non-hydrogen) atoms. The van der Waals surface area contributed by atoms with E-state index in [1.54, 1.807) is 0 Å². The number of likely N-dealkylation sites (N-methyl/N-ethyl adjacent to an activating group) is 1. The number of aliphatic hydroxyl groups is 1. The lowest BCUT2D eigenvalue weighted by Gasteiger charge is -2.68. The van der Waals surface area contributed by atoms with Crippen LogP contribution in [0.25, 0.3) is 5.32 Å². The van der Waals surface area contributed by atoms with Crippen molar-refractivity contribution in [2.24, 2.45) is 27.2 Å². The van der Waals surface area contributed by atoms with Crippen molar-refractivity contribution in [3.63, 3.8) is 0 Å². The number of nitrogens with zero attached hydrogens (tertiary/aromatic N) is 3. The van der Waals surface area contributed by atoms with Crippen molar-refractivity contribution < 1.29 is 9.84 Å².